The van der Waals surface area contributed by atoms with Gasteiger partial charge in [-0.3, -0.25) is 0 Å². The fourth-order valence-corrected chi connectivity index (χ4v) is 98.2. The Morgan fingerprint density at radius 3 is 1.35 bits per heavy atom. The molecule has 0 aromatic carbocycles. The number of hydrogen-bond acceptors (Lipinski definition) is 0. The predicted molar refractivity (Wildman–Crippen MR) is 65.2 cm³/mol. The van der Waals surface area contributed by atoms with E-state index in [4.69, 9.17) is 0 Å². The van der Waals surface area contributed by atoms with Gasteiger partial charge in [0, 0.05) is 0 Å². The van der Waals surface area contributed by atoms with Crippen LogP contribution in [0, 0.1) is 0 Å². The van der Waals surface area contributed by atoms with Crippen LogP contribution in [0.25, 0.3) is 0 Å². The second-order valence-corrected chi connectivity index (χ2v) is 35.0. The summed E-state index contributed by atoms with van der Waals surface area (Å²) >= 11 is 0. The van der Waals surface area contributed by atoms with Gasteiger partial charge in [0.15, 0.2) is 0 Å². The van der Waals surface area contributed by atoms with Gasteiger partial charge >= 0.3 is 93.2 Å². The summed E-state index contributed by atoms with van der Waals surface area (Å²) in [7, 11) is 0. The molecule has 10 aliphatic heterocycles. The van der Waals surface area contributed by atoms with Crippen molar-refractivity contribution in [3.63, 3.8) is 0 Å². The molecule has 0 N–H and O–H groups in total. The molecule has 1 heteroatoms. The van der Waals surface area contributed by atoms with Crippen molar-refractivity contribution in [2.24, 2.45) is 0 Å². The first-order chi connectivity index (χ1) is 8.06. The fourth-order valence-electron chi connectivity index (χ4n) is 19.7. The number of rotatable bonds is 4. The van der Waals surface area contributed by atoms with Crippen LogP contribution in [0.1, 0.15) is 39.5 Å². The van der Waals surface area contributed by atoms with E-state index >= 15 is 0 Å². The second kappa shape index (κ2) is 0.544. The zero-order valence-electron chi connectivity index (χ0n) is 10.8. The van der Waals surface area contributed by atoms with E-state index in [1.807, 2.05) is 0 Å². The maximum atomic E-state index is 2.51. The average molecular weight is 270 g/mol. The topological polar surface area (TPSA) is 0 Å². The van der Waals surface area contributed by atoms with Crippen LogP contribution in [0.5, 0.6) is 0 Å². The zero-order chi connectivity index (χ0) is 10.8. The molecule has 0 saturated carbocycles. The summed E-state index contributed by atoms with van der Waals surface area (Å²) in [6, 6.07) is 0. The average Bonchev–Trinajstić information content (AvgIpc) is 3.24. The molecular weight excluding hydrogens is 248 g/mol. The Bertz CT molecular complexity index is 874. The van der Waals surface area contributed by atoms with E-state index < -0.39 is 6.51 Å². The molecule has 10 fully saturated rings. The molecule has 4 atom stereocenters. The van der Waals surface area contributed by atoms with Gasteiger partial charge in [-0.05, 0) is 0 Å². The standard InChI is InChI=1S/C11H17.C5H5.Fe/c1-3-6-10-8-5-9-11(10)7-4-2;1-2-4-5-3-1;/h5,8-9H,3-4,6-7H2,1-2H3;1-5H;. The second-order valence-electron chi connectivity index (χ2n) is 11.5. The van der Waals surface area contributed by atoms with Crippen molar-refractivity contribution in [1.29, 1.82) is 0 Å². The molecule has 17 heavy (non-hydrogen) atoms. The van der Waals surface area contributed by atoms with Crippen molar-refractivity contribution < 1.29 is 6.51 Å². The van der Waals surface area contributed by atoms with Crippen molar-refractivity contribution in [2.45, 2.75) is 86.7 Å². The Morgan fingerprint density at radius 2 is 1.12 bits per heavy atom. The summed E-state index contributed by atoms with van der Waals surface area (Å²) in [4.78, 5) is 12.3. The van der Waals surface area contributed by atoms with Gasteiger partial charge in [-0.25, -0.2) is 0 Å². The molecule has 0 aromatic rings. The van der Waals surface area contributed by atoms with Crippen LogP contribution in [0.4, 0.5) is 0 Å². The summed E-state index contributed by atoms with van der Waals surface area (Å²) in [6.07, 6.45) is 6.57. The molecule has 0 amide bonds. The molecule has 10 rings (SSSR count). The third kappa shape index (κ3) is 0.0628. The first-order valence-electron chi connectivity index (χ1n) is 8.27. The van der Waals surface area contributed by atoms with E-state index in [0.29, 0.717) is 0 Å². The molecule has 0 nitrogen and oxygen atoms in total. The van der Waals surface area contributed by atoms with E-state index in [2.05, 4.69) is 13.8 Å². The summed E-state index contributed by atoms with van der Waals surface area (Å²) in [5, 5.41) is 0. The van der Waals surface area contributed by atoms with Crippen molar-refractivity contribution in [1.82, 2.24) is 0 Å². The van der Waals surface area contributed by atoms with Crippen LogP contribution < -0.4 is 0 Å². The van der Waals surface area contributed by atoms with Crippen molar-refractivity contribution >= 4 is 0 Å². The van der Waals surface area contributed by atoms with Crippen LogP contribution in [-0.4, -0.2) is 0 Å². The van der Waals surface area contributed by atoms with E-state index in [0.717, 1.165) is 0 Å². The minimum absolute atomic E-state index is 1.19. The molecule has 0 bridgehead atoms. The predicted octanol–water partition coefficient (Wildman–Crippen LogP) is 5.72. The van der Waals surface area contributed by atoms with Crippen molar-refractivity contribution in [2.75, 3.05) is 0 Å². The van der Waals surface area contributed by atoms with Crippen LogP contribution in [0.2, 0.25) is 47.2 Å². The molecule has 4 unspecified atom stereocenters. The first kappa shape index (κ1) is 6.80. The van der Waals surface area contributed by atoms with Gasteiger partial charge in [0.25, 0.3) is 0 Å². The molecule has 0 radical (unpaired) electrons. The van der Waals surface area contributed by atoms with Gasteiger partial charge in [-0.1, -0.05) is 0 Å². The Balaban J connectivity index is 1.64. The van der Waals surface area contributed by atoms with Gasteiger partial charge in [-0.2, -0.15) is 0 Å². The third-order valence-electron chi connectivity index (χ3n) is 16.7. The van der Waals surface area contributed by atoms with Gasteiger partial charge in [0.2, 0.25) is 0 Å². The van der Waals surface area contributed by atoms with Gasteiger partial charge < -0.3 is 0 Å². The van der Waals surface area contributed by atoms with E-state index in [1.54, 1.807) is 25.7 Å². The molecule has 10 heterocycles. The normalized spacial score (nSPS) is 124. The monoisotopic (exact) mass is 270 g/mol. The first-order valence-corrected chi connectivity index (χ1v) is 14.5. The Hall–Kier alpha value is 0.519. The summed E-state index contributed by atoms with van der Waals surface area (Å²) in [6.45, 7) is 2.22. The van der Waals surface area contributed by atoms with Crippen molar-refractivity contribution in [3.05, 3.63) is 0 Å². The summed E-state index contributed by atoms with van der Waals surface area (Å²) < 4.78 is 2.38. The fraction of sp³-hybridized carbons (Fsp3) is 1.00. The number of fused-ring (bicyclic) bond motifs is 10. The van der Waals surface area contributed by atoms with Gasteiger partial charge in [-0.15, -0.1) is 0 Å². The van der Waals surface area contributed by atoms with Crippen LogP contribution in [0.15, 0.2) is 0 Å². The van der Waals surface area contributed by atoms with Gasteiger partial charge in [0.05, 0.1) is 0 Å². The molecule has 1 spiro atoms. The zero-order valence-corrected chi connectivity index (χ0v) is 11.9. The van der Waals surface area contributed by atoms with Crippen LogP contribution in [0.3, 0.4) is 0 Å². The van der Waals surface area contributed by atoms with Crippen molar-refractivity contribution in [3.8, 4) is 0 Å². The molecule has 0 aromatic heterocycles. The van der Waals surface area contributed by atoms with Gasteiger partial charge in [0.1, 0.15) is 0 Å². The number of hydrogen-bond donors (Lipinski definition) is 0. The Labute approximate surface area is 93.2 Å². The molecule has 10 aliphatic rings. The molecule has 0 aliphatic carbocycles. The molecular formula is C16H22Fe. The maximum absolute atomic E-state index is 2.79. The van der Waals surface area contributed by atoms with E-state index in [1.165, 1.54) is 47.2 Å². The summed E-state index contributed by atoms with van der Waals surface area (Å²) in [5.74, 6) is 0. The van der Waals surface area contributed by atoms with E-state index in [9.17, 15) is 0 Å². The molecule has 94 valence electrons. The van der Waals surface area contributed by atoms with E-state index in [-0.39, 0.29) is 0 Å². The van der Waals surface area contributed by atoms with Crippen LogP contribution in [-0.2, 0) is 6.51 Å². The Morgan fingerprint density at radius 1 is 0.706 bits per heavy atom. The SMILES string of the molecule is CCC[C]12[CH]3[CH]4[CH]5[C]1(CCC)[Fe]43521678[CH]2[CH]1[CH]6[CH]7[CH]28. The third-order valence-corrected chi connectivity index (χ3v) is 60.9. The minimum atomic E-state index is -2.79. The van der Waals surface area contributed by atoms with Crippen LogP contribution >= 0.6 is 0 Å². The summed E-state index contributed by atoms with van der Waals surface area (Å²) in [5.41, 5.74) is 0. The molecule has 10 saturated heterocycles. The quantitative estimate of drug-likeness (QED) is 0.573. The Kier molecular flexibility index (Phi) is 0.218.